The zero-order valence-electron chi connectivity index (χ0n) is 12.1. The number of guanidine groups is 1. The van der Waals surface area contributed by atoms with Crippen molar-refractivity contribution in [3.05, 3.63) is 35.4 Å². The number of nitrogens with one attached hydrogen (secondary N) is 3. The van der Waals surface area contributed by atoms with E-state index >= 15 is 0 Å². The van der Waals surface area contributed by atoms with E-state index in [0.717, 1.165) is 24.5 Å². The van der Waals surface area contributed by atoms with Crippen molar-refractivity contribution in [3.8, 4) is 0 Å². The van der Waals surface area contributed by atoms with Crippen LogP contribution in [0.5, 0.6) is 0 Å². The lowest BCUT2D eigenvalue weighted by Crippen LogP contribution is -2.37. The summed E-state index contributed by atoms with van der Waals surface area (Å²) in [4.78, 5) is 16.2. The molecule has 0 aromatic heterocycles. The lowest BCUT2D eigenvalue weighted by atomic mass is 10.1. The van der Waals surface area contributed by atoms with Gasteiger partial charge in [0.2, 0.25) is 0 Å². The van der Waals surface area contributed by atoms with Gasteiger partial charge in [-0.3, -0.25) is 9.79 Å². The van der Waals surface area contributed by atoms with Crippen LogP contribution in [0.4, 0.5) is 0 Å². The summed E-state index contributed by atoms with van der Waals surface area (Å²) in [6, 6.07) is 8.05. The molecule has 0 saturated carbocycles. The number of nitrogens with zero attached hydrogens (tertiary/aromatic N) is 1. The minimum Gasteiger partial charge on any atom is -0.352 e. The second-order valence-corrected chi connectivity index (χ2v) is 5.04. The van der Waals surface area contributed by atoms with Gasteiger partial charge < -0.3 is 16.0 Å². The van der Waals surface area contributed by atoms with E-state index in [1.54, 1.807) is 0 Å². The van der Waals surface area contributed by atoms with Crippen LogP contribution in [0.2, 0.25) is 0 Å². The van der Waals surface area contributed by atoms with Gasteiger partial charge in [0.15, 0.2) is 5.96 Å². The molecule has 1 aliphatic rings. The van der Waals surface area contributed by atoms with Gasteiger partial charge in [0, 0.05) is 24.7 Å². The summed E-state index contributed by atoms with van der Waals surface area (Å²) in [5, 5.41) is 9.38. The molecule has 2 rings (SSSR count). The maximum atomic E-state index is 11.9. The quantitative estimate of drug-likeness (QED) is 0.757. The molecular weight excluding hydrogens is 252 g/mol. The van der Waals surface area contributed by atoms with E-state index in [1.807, 2.05) is 31.2 Å². The maximum Gasteiger partial charge on any atom is 0.251 e. The second kappa shape index (κ2) is 6.93. The van der Waals surface area contributed by atoms with E-state index in [-0.39, 0.29) is 5.91 Å². The third-order valence-corrected chi connectivity index (χ3v) is 3.09. The van der Waals surface area contributed by atoms with Crippen LogP contribution in [0.15, 0.2) is 29.3 Å². The number of rotatable bonds is 5. The summed E-state index contributed by atoms with van der Waals surface area (Å²) < 4.78 is 0. The fourth-order valence-electron chi connectivity index (χ4n) is 2.01. The summed E-state index contributed by atoms with van der Waals surface area (Å²) in [6.07, 6.45) is 0.941. The topological polar surface area (TPSA) is 65.5 Å². The summed E-state index contributed by atoms with van der Waals surface area (Å²) in [6.45, 7) is 6.31. The molecule has 108 valence electrons. The lowest BCUT2D eigenvalue weighted by molar-refractivity contribution is 0.0953. The molecule has 1 aliphatic heterocycles. The first kappa shape index (κ1) is 14.4. The Hall–Kier alpha value is -2.04. The molecule has 0 bridgehead atoms. The summed E-state index contributed by atoms with van der Waals surface area (Å²) in [5.74, 6) is 0.817. The number of hydrogen-bond donors (Lipinski definition) is 3. The molecule has 0 radical (unpaired) electrons. The van der Waals surface area contributed by atoms with Gasteiger partial charge in [0.1, 0.15) is 0 Å². The highest BCUT2D eigenvalue weighted by atomic mass is 16.1. The molecule has 20 heavy (non-hydrogen) atoms. The number of hydrogen-bond acceptors (Lipinski definition) is 4. The second-order valence-electron chi connectivity index (χ2n) is 5.04. The van der Waals surface area contributed by atoms with E-state index in [1.165, 1.54) is 0 Å². The Morgan fingerprint density at radius 3 is 3.05 bits per heavy atom. The Morgan fingerprint density at radius 2 is 2.35 bits per heavy atom. The predicted molar refractivity (Wildman–Crippen MR) is 80.8 cm³/mol. The van der Waals surface area contributed by atoms with Gasteiger partial charge >= 0.3 is 0 Å². The smallest absolute Gasteiger partial charge is 0.251 e. The number of carbonyl (C=O) groups is 1. The molecule has 5 heteroatoms. The van der Waals surface area contributed by atoms with Gasteiger partial charge in [-0.05, 0) is 31.0 Å². The zero-order valence-corrected chi connectivity index (χ0v) is 12.1. The van der Waals surface area contributed by atoms with Crippen molar-refractivity contribution in [2.24, 2.45) is 4.99 Å². The standard InChI is InChI=1S/C15H22N4O/c1-3-7-16-14(20)13-6-4-5-12(8-13)10-18-15-17-9-11(2)19-15/h4-6,8,11H,3,7,9-10H2,1-2H3,(H,16,20)(H2,17,18,19). The van der Waals surface area contributed by atoms with Crippen LogP contribution in [0.25, 0.3) is 0 Å². The highest BCUT2D eigenvalue weighted by Gasteiger charge is 2.11. The van der Waals surface area contributed by atoms with Crippen LogP contribution in [0.1, 0.15) is 36.2 Å². The monoisotopic (exact) mass is 274 g/mol. The summed E-state index contributed by atoms with van der Waals surface area (Å²) >= 11 is 0. The fraction of sp³-hybridized carbons (Fsp3) is 0.467. The number of aliphatic imine (C=N–C) groups is 1. The largest absolute Gasteiger partial charge is 0.352 e. The third-order valence-electron chi connectivity index (χ3n) is 3.09. The Balaban J connectivity index is 1.90. The molecule has 3 N–H and O–H groups in total. The van der Waals surface area contributed by atoms with Gasteiger partial charge in [-0.25, -0.2) is 0 Å². The minimum absolute atomic E-state index is 0.0151. The summed E-state index contributed by atoms with van der Waals surface area (Å²) in [5.41, 5.74) is 1.77. The fourth-order valence-corrected chi connectivity index (χ4v) is 2.01. The third kappa shape index (κ3) is 3.98. The Morgan fingerprint density at radius 1 is 1.50 bits per heavy atom. The maximum absolute atomic E-state index is 11.9. The highest BCUT2D eigenvalue weighted by molar-refractivity contribution is 5.94. The van der Waals surface area contributed by atoms with Crippen molar-refractivity contribution in [1.82, 2.24) is 16.0 Å². The number of carbonyl (C=O) groups excluding carboxylic acids is 1. The van der Waals surface area contributed by atoms with Crippen molar-refractivity contribution in [2.75, 3.05) is 13.1 Å². The first-order valence-corrected chi connectivity index (χ1v) is 7.11. The van der Waals surface area contributed by atoms with Gasteiger partial charge in [-0.15, -0.1) is 0 Å². The first-order chi connectivity index (χ1) is 9.69. The Labute approximate surface area is 119 Å². The molecule has 1 atom stereocenters. The number of benzene rings is 1. The average Bonchev–Trinajstić information content (AvgIpc) is 2.88. The molecule has 0 spiro atoms. The van der Waals surface area contributed by atoms with Crippen LogP contribution in [-0.2, 0) is 6.54 Å². The van der Waals surface area contributed by atoms with Gasteiger partial charge in [0.25, 0.3) is 5.91 Å². The van der Waals surface area contributed by atoms with Gasteiger partial charge in [-0.1, -0.05) is 19.1 Å². The molecular formula is C15H22N4O. The highest BCUT2D eigenvalue weighted by Crippen LogP contribution is 2.05. The van der Waals surface area contributed by atoms with Crippen LogP contribution in [0, 0.1) is 0 Å². The molecule has 1 unspecified atom stereocenters. The molecule has 5 nitrogen and oxygen atoms in total. The van der Waals surface area contributed by atoms with E-state index in [4.69, 9.17) is 0 Å². The molecule has 1 heterocycles. The van der Waals surface area contributed by atoms with Gasteiger partial charge in [-0.2, -0.15) is 0 Å². The number of amides is 1. The Bertz CT molecular complexity index is 498. The van der Waals surface area contributed by atoms with Crippen molar-refractivity contribution in [1.29, 1.82) is 0 Å². The van der Waals surface area contributed by atoms with Gasteiger partial charge in [0.05, 0.1) is 6.54 Å². The summed E-state index contributed by atoms with van der Waals surface area (Å²) in [7, 11) is 0. The van der Waals surface area contributed by atoms with Crippen LogP contribution in [0.3, 0.4) is 0 Å². The van der Waals surface area contributed by atoms with E-state index < -0.39 is 0 Å². The Kier molecular flexibility index (Phi) is 4.98. The van der Waals surface area contributed by atoms with E-state index in [9.17, 15) is 4.79 Å². The van der Waals surface area contributed by atoms with E-state index in [2.05, 4.69) is 27.9 Å². The van der Waals surface area contributed by atoms with Crippen LogP contribution >= 0.6 is 0 Å². The van der Waals surface area contributed by atoms with E-state index in [0.29, 0.717) is 24.7 Å². The molecule has 1 amide bonds. The molecule has 0 fully saturated rings. The molecule has 0 saturated heterocycles. The first-order valence-electron chi connectivity index (χ1n) is 7.11. The SMILES string of the molecule is CCCNC(=O)c1cccc(CNC2=NCC(C)N2)c1. The van der Waals surface area contributed by atoms with Crippen molar-refractivity contribution >= 4 is 11.9 Å². The molecule has 0 aliphatic carbocycles. The minimum atomic E-state index is -0.0151. The van der Waals surface area contributed by atoms with Crippen LogP contribution in [-0.4, -0.2) is 31.0 Å². The van der Waals surface area contributed by atoms with Crippen molar-refractivity contribution < 1.29 is 4.79 Å². The normalized spacial score (nSPS) is 17.3. The lowest BCUT2D eigenvalue weighted by Gasteiger charge is -2.10. The average molecular weight is 274 g/mol. The predicted octanol–water partition coefficient (Wildman–Crippen LogP) is 1.26. The molecule has 1 aromatic rings. The van der Waals surface area contributed by atoms with Crippen LogP contribution < -0.4 is 16.0 Å². The molecule has 1 aromatic carbocycles. The van der Waals surface area contributed by atoms with Crippen molar-refractivity contribution in [3.63, 3.8) is 0 Å². The van der Waals surface area contributed by atoms with Crippen molar-refractivity contribution in [2.45, 2.75) is 32.9 Å². The zero-order chi connectivity index (χ0) is 14.4.